The van der Waals surface area contributed by atoms with Crippen molar-refractivity contribution >= 4 is 28.9 Å². The quantitative estimate of drug-likeness (QED) is 0.272. The lowest BCUT2D eigenvalue weighted by atomic mass is 10.0. The Bertz CT molecular complexity index is 1420. The largest absolute Gasteiger partial charge is 0.416 e. The second-order valence-corrected chi connectivity index (χ2v) is 7.77. The fourth-order valence-corrected chi connectivity index (χ4v) is 3.55. The van der Waals surface area contributed by atoms with Crippen LogP contribution in [0.1, 0.15) is 11.1 Å². The Morgan fingerprint density at radius 2 is 1.73 bits per heavy atom. The topological polar surface area (TPSA) is 122 Å². The highest BCUT2D eigenvalue weighted by molar-refractivity contribution is 5.99. The number of urea groups is 1. The minimum absolute atomic E-state index is 0.113. The molecule has 0 aliphatic rings. The molecule has 0 spiro atoms. The third-order valence-electron chi connectivity index (χ3n) is 5.08. The summed E-state index contributed by atoms with van der Waals surface area (Å²) in [6.45, 7) is -1.33. The average Bonchev–Trinajstić information content (AvgIpc) is 3.18. The third kappa shape index (κ3) is 6.24. The molecule has 0 unspecified atom stereocenters. The monoisotopic (exact) mass is 524 g/mol. The lowest BCUT2D eigenvalue weighted by Gasteiger charge is -2.11. The highest BCUT2D eigenvalue weighted by Gasteiger charge is 2.31. The van der Waals surface area contributed by atoms with Crippen LogP contribution in [0, 0.1) is 0 Å². The molecule has 15 heteroatoms. The Balaban J connectivity index is 1.53. The zero-order chi connectivity index (χ0) is 26.8. The Morgan fingerprint density at radius 3 is 2.41 bits per heavy atom. The van der Waals surface area contributed by atoms with Gasteiger partial charge < -0.3 is 16.4 Å². The van der Waals surface area contributed by atoms with Crippen LogP contribution in [0.5, 0.6) is 0 Å². The number of nitrogens with two attached hydrogens (primary N) is 1. The van der Waals surface area contributed by atoms with Gasteiger partial charge in [0, 0.05) is 30.2 Å². The maximum Gasteiger partial charge on any atom is 0.416 e. The molecule has 0 radical (unpaired) electrons. The third-order valence-corrected chi connectivity index (χ3v) is 5.08. The van der Waals surface area contributed by atoms with E-state index in [9.17, 15) is 31.1 Å². The minimum atomic E-state index is -4.59. The molecule has 0 atom stereocenters. The summed E-state index contributed by atoms with van der Waals surface area (Å²) in [5, 5.41) is 11.1. The maximum atomic E-state index is 12.9. The number of alkyl halides is 6. The molecular weight excluding hydrogens is 506 g/mol. The molecule has 0 aliphatic carbocycles. The van der Waals surface area contributed by atoms with Crippen LogP contribution in [0.15, 0.2) is 55.1 Å². The number of benzene rings is 1. The highest BCUT2D eigenvalue weighted by atomic mass is 19.4. The van der Waals surface area contributed by atoms with E-state index in [2.05, 4.69) is 31.0 Å². The van der Waals surface area contributed by atoms with Gasteiger partial charge in [0.15, 0.2) is 5.82 Å². The molecule has 0 saturated heterocycles. The Labute approximate surface area is 204 Å². The number of anilines is 3. The van der Waals surface area contributed by atoms with Gasteiger partial charge in [0.2, 0.25) is 0 Å². The Kier molecular flexibility index (Phi) is 6.89. The number of carbonyl (C=O) groups excluding carboxylic acids is 1. The number of pyridine rings is 1. The number of halogens is 6. The highest BCUT2D eigenvalue weighted by Crippen LogP contribution is 2.33. The zero-order valence-electron chi connectivity index (χ0n) is 18.7. The molecule has 1 aromatic carbocycles. The van der Waals surface area contributed by atoms with Crippen LogP contribution in [-0.2, 0) is 12.7 Å². The molecule has 194 valence electrons. The summed E-state index contributed by atoms with van der Waals surface area (Å²) in [5.41, 5.74) is 7.24. The van der Waals surface area contributed by atoms with Crippen LogP contribution in [-0.4, -0.2) is 38.3 Å². The smallest absolute Gasteiger partial charge is 0.382 e. The fraction of sp³-hybridized carbons (Fsp3) is 0.182. The van der Waals surface area contributed by atoms with Gasteiger partial charge in [0.05, 0.1) is 12.1 Å². The van der Waals surface area contributed by atoms with Crippen molar-refractivity contribution < 1.29 is 31.1 Å². The van der Waals surface area contributed by atoms with E-state index in [1.165, 1.54) is 29.2 Å². The van der Waals surface area contributed by atoms with E-state index in [0.717, 1.165) is 12.3 Å². The molecule has 37 heavy (non-hydrogen) atoms. The molecule has 5 N–H and O–H groups in total. The average molecular weight is 524 g/mol. The lowest BCUT2D eigenvalue weighted by molar-refractivity contribution is -0.137. The van der Waals surface area contributed by atoms with Gasteiger partial charge in [-0.2, -0.15) is 31.4 Å². The van der Waals surface area contributed by atoms with E-state index in [4.69, 9.17) is 5.73 Å². The number of amides is 2. The van der Waals surface area contributed by atoms with Crippen molar-refractivity contribution in [1.82, 2.24) is 24.9 Å². The van der Waals surface area contributed by atoms with Gasteiger partial charge >= 0.3 is 18.4 Å². The summed E-state index contributed by atoms with van der Waals surface area (Å²) >= 11 is 0. The minimum Gasteiger partial charge on any atom is -0.382 e. The van der Waals surface area contributed by atoms with Crippen molar-refractivity contribution in [3.63, 3.8) is 0 Å². The molecule has 9 nitrogen and oxygen atoms in total. The van der Waals surface area contributed by atoms with Gasteiger partial charge in [-0.15, -0.1) is 0 Å². The van der Waals surface area contributed by atoms with E-state index in [1.54, 1.807) is 12.1 Å². The number of hydrogen-bond donors (Lipinski definition) is 4. The van der Waals surface area contributed by atoms with Crippen LogP contribution in [0.25, 0.3) is 16.6 Å². The van der Waals surface area contributed by atoms with E-state index < -0.39 is 30.5 Å². The predicted octanol–water partition coefficient (Wildman–Crippen LogP) is 4.69. The Morgan fingerprint density at radius 1 is 1.00 bits per heavy atom. The number of hydrogen-bond acceptors (Lipinski definition) is 6. The van der Waals surface area contributed by atoms with E-state index in [0.29, 0.717) is 28.3 Å². The summed E-state index contributed by atoms with van der Waals surface area (Å²) in [6.07, 6.45) is -5.32. The van der Waals surface area contributed by atoms with Crippen LogP contribution in [0.4, 0.5) is 48.5 Å². The van der Waals surface area contributed by atoms with Gasteiger partial charge in [-0.25, -0.2) is 19.3 Å². The van der Waals surface area contributed by atoms with Gasteiger partial charge in [-0.05, 0) is 35.4 Å². The number of nitrogen functional groups attached to an aromatic ring is 1. The fourth-order valence-electron chi connectivity index (χ4n) is 3.55. The molecular formula is C22H18F6N8O. The van der Waals surface area contributed by atoms with Gasteiger partial charge in [-0.3, -0.25) is 5.32 Å². The second kappa shape index (κ2) is 9.93. The van der Waals surface area contributed by atoms with Gasteiger partial charge in [0.25, 0.3) is 0 Å². The second-order valence-electron chi connectivity index (χ2n) is 7.77. The van der Waals surface area contributed by atoms with E-state index in [1.807, 2.05) is 0 Å². The first-order chi connectivity index (χ1) is 17.4. The molecule has 4 aromatic rings. The van der Waals surface area contributed by atoms with Crippen molar-refractivity contribution in [3.05, 3.63) is 66.2 Å². The number of rotatable bonds is 6. The molecule has 3 aromatic heterocycles. The molecule has 0 bridgehead atoms. The summed E-state index contributed by atoms with van der Waals surface area (Å²) in [5.74, 6) is -0.182. The Hall–Kier alpha value is -4.40. The SMILES string of the molecule is Nc1ncnn2cc(CNCC(F)(F)F)c(-c3ccc(NC(=O)Nc4cc(C(F)(F)F)ccn4)cc3)c12. The van der Waals surface area contributed by atoms with Crippen molar-refractivity contribution in [1.29, 1.82) is 0 Å². The van der Waals surface area contributed by atoms with E-state index in [-0.39, 0.29) is 23.9 Å². The summed E-state index contributed by atoms with van der Waals surface area (Å²) in [7, 11) is 0. The maximum absolute atomic E-state index is 12.9. The molecule has 3 heterocycles. The summed E-state index contributed by atoms with van der Waals surface area (Å²) in [4.78, 5) is 19.9. The summed E-state index contributed by atoms with van der Waals surface area (Å²) in [6, 6.07) is 6.83. The van der Waals surface area contributed by atoms with E-state index >= 15 is 0 Å². The standard InChI is InChI=1S/C22H18F6N8O/c23-21(24,25)10-30-8-13-9-36-18(19(29)32-11-33-36)17(13)12-1-3-15(4-2-12)34-20(37)35-16-7-14(5-6-31-16)22(26,27)28/h1-7,9,11,30H,8,10H2,(H2,29,32,33)(H2,31,34,35,37). The predicted molar refractivity (Wildman–Crippen MR) is 122 cm³/mol. The molecule has 0 aliphatic heterocycles. The number of carbonyl (C=O) groups is 1. The lowest BCUT2D eigenvalue weighted by Crippen LogP contribution is -2.28. The number of nitrogens with one attached hydrogen (secondary N) is 3. The number of nitrogens with zero attached hydrogens (tertiary/aromatic N) is 4. The van der Waals surface area contributed by atoms with Crippen LogP contribution >= 0.6 is 0 Å². The number of aromatic nitrogens is 4. The summed E-state index contributed by atoms with van der Waals surface area (Å²) < 4.78 is 77.8. The zero-order valence-corrected chi connectivity index (χ0v) is 18.7. The van der Waals surface area contributed by atoms with Gasteiger partial charge in [0.1, 0.15) is 17.7 Å². The molecule has 0 saturated carbocycles. The molecule has 4 rings (SSSR count). The normalized spacial score (nSPS) is 12.1. The van der Waals surface area contributed by atoms with Gasteiger partial charge in [-0.1, -0.05) is 12.1 Å². The first-order valence-electron chi connectivity index (χ1n) is 10.5. The van der Waals surface area contributed by atoms with Crippen molar-refractivity contribution in [3.8, 4) is 11.1 Å². The van der Waals surface area contributed by atoms with Crippen LogP contribution in [0.3, 0.4) is 0 Å². The van der Waals surface area contributed by atoms with Crippen molar-refractivity contribution in [2.24, 2.45) is 0 Å². The molecule has 2 amide bonds. The number of fused-ring (bicyclic) bond motifs is 1. The van der Waals surface area contributed by atoms with Crippen LogP contribution < -0.4 is 21.7 Å². The van der Waals surface area contributed by atoms with Crippen LogP contribution in [0.2, 0.25) is 0 Å². The molecule has 0 fully saturated rings. The van der Waals surface area contributed by atoms with Crippen molar-refractivity contribution in [2.75, 3.05) is 22.9 Å². The first-order valence-corrected chi connectivity index (χ1v) is 10.5. The van der Waals surface area contributed by atoms with Crippen molar-refractivity contribution in [2.45, 2.75) is 18.9 Å². The first kappa shape index (κ1) is 25.7.